The summed E-state index contributed by atoms with van der Waals surface area (Å²) in [6.07, 6.45) is 41.9. The summed E-state index contributed by atoms with van der Waals surface area (Å²) in [5.74, 6) is 1.65. The Balaban J connectivity index is 0.0000152. The average Bonchev–Trinajstić information content (AvgIpc) is 3.25. The van der Waals surface area contributed by atoms with Crippen LogP contribution in [0.25, 0.3) is 0 Å². The monoisotopic (exact) mass is 583 g/mol. The third kappa shape index (κ3) is 21.5. The third-order valence-electron chi connectivity index (χ3n) is 9.53. The quantitative estimate of drug-likeness (QED) is 0.0604. The van der Waals surface area contributed by atoms with E-state index in [0.29, 0.717) is 0 Å². The van der Waals surface area contributed by atoms with Gasteiger partial charge in [0.2, 0.25) is 5.84 Å². The number of halogens is 1. The van der Waals surface area contributed by atoms with E-state index in [1.807, 2.05) is 0 Å². The number of hydrogen-bond acceptors (Lipinski definition) is 1. The maximum atomic E-state index is 2.69. The molecule has 1 heterocycles. The largest absolute Gasteiger partial charge is 1.00 e. The van der Waals surface area contributed by atoms with Gasteiger partial charge >= 0.3 is 0 Å². The molecule has 240 valence electrons. The Morgan fingerprint density at radius 1 is 0.500 bits per heavy atom. The Kier molecular flexibility index (Phi) is 30.0. The van der Waals surface area contributed by atoms with Gasteiger partial charge in [0, 0.05) is 6.42 Å². The second-order valence-electron chi connectivity index (χ2n) is 13.1. The van der Waals surface area contributed by atoms with Crippen LogP contribution < -0.4 is 12.4 Å². The molecule has 0 spiro atoms. The second-order valence-corrected chi connectivity index (χ2v) is 13.1. The number of likely N-dealkylation sites (N-methyl/N-ethyl adjacent to an activating group) is 2. The second kappa shape index (κ2) is 30.2. The van der Waals surface area contributed by atoms with Crippen LogP contribution in [-0.2, 0) is 0 Å². The Bertz CT molecular complexity index is 546. The molecule has 2 nitrogen and oxygen atoms in total. The fourth-order valence-electron chi connectivity index (χ4n) is 6.72. The highest BCUT2D eigenvalue weighted by molar-refractivity contribution is 5.78. The van der Waals surface area contributed by atoms with Crippen LogP contribution in [0.4, 0.5) is 0 Å². The molecule has 0 bridgehead atoms. The molecule has 1 aliphatic heterocycles. The maximum Gasteiger partial charge on any atom is 0.247 e. The van der Waals surface area contributed by atoms with E-state index in [1.165, 1.54) is 199 Å². The molecule has 0 fully saturated rings. The van der Waals surface area contributed by atoms with E-state index in [1.54, 1.807) is 5.84 Å². The summed E-state index contributed by atoms with van der Waals surface area (Å²) in [5.41, 5.74) is 0. The predicted molar refractivity (Wildman–Crippen MR) is 177 cm³/mol. The molecule has 0 saturated carbocycles. The highest BCUT2D eigenvalue weighted by atomic mass is 35.5. The smallest absolute Gasteiger partial charge is 0.247 e. The zero-order chi connectivity index (χ0) is 28.2. The molecular weight excluding hydrogens is 508 g/mol. The summed E-state index contributed by atoms with van der Waals surface area (Å²) >= 11 is 0. The standard InChI is InChI=1S/C37H75N2.ClH/c1-5-8-10-12-14-16-18-20-22-23-25-27-29-31-33-36-35-39(7-3)37(38(36)4)34-32-30-28-26-24-21-19-17-15-13-11-9-6-2;/h36H,5-35H2,1-4H3;1H/q+1;/p-1. The van der Waals surface area contributed by atoms with Gasteiger partial charge in [-0.3, -0.25) is 9.48 Å². The molecule has 0 amide bonds. The van der Waals surface area contributed by atoms with Crippen molar-refractivity contribution in [1.29, 1.82) is 0 Å². The number of hydrogen-bond donors (Lipinski definition) is 0. The van der Waals surface area contributed by atoms with Crippen LogP contribution >= 0.6 is 0 Å². The molecule has 1 rings (SSSR count). The van der Waals surface area contributed by atoms with E-state index < -0.39 is 0 Å². The molecule has 0 aromatic rings. The van der Waals surface area contributed by atoms with Gasteiger partial charge in [-0.2, -0.15) is 0 Å². The molecule has 0 saturated heterocycles. The molecule has 0 aromatic carbocycles. The van der Waals surface area contributed by atoms with Crippen molar-refractivity contribution in [3.05, 3.63) is 0 Å². The molecule has 40 heavy (non-hydrogen) atoms. The summed E-state index contributed by atoms with van der Waals surface area (Å²) < 4.78 is 2.67. The van der Waals surface area contributed by atoms with Crippen molar-refractivity contribution in [2.75, 3.05) is 20.1 Å². The Hall–Kier alpha value is -0.240. The van der Waals surface area contributed by atoms with Gasteiger partial charge in [-0.1, -0.05) is 174 Å². The van der Waals surface area contributed by atoms with Gasteiger partial charge in [-0.25, -0.2) is 0 Å². The lowest BCUT2D eigenvalue weighted by Gasteiger charge is -2.11. The van der Waals surface area contributed by atoms with Crippen LogP contribution in [0.5, 0.6) is 0 Å². The lowest BCUT2D eigenvalue weighted by Crippen LogP contribution is -3.00. The van der Waals surface area contributed by atoms with Crippen molar-refractivity contribution in [2.45, 2.75) is 213 Å². The molecule has 1 atom stereocenters. The van der Waals surface area contributed by atoms with E-state index in [4.69, 9.17) is 0 Å². The minimum absolute atomic E-state index is 0. The maximum absolute atomic E-state index is 2.69. The van der Waals surface area contributed by atoms with E-state index in [0.717, 1.165) is 6.04 Å². The highest BCUT2D eigenvalue weighted by Crippen LogP contribution is 2.20. The minimum Gasteiger partial charge on any atom is -1.00 e. The molecule has 3 heteroatoms. The lowest BCUT2D eigenvalue weighted by atomic mass is 10.0. The lowest BCUT2D eigenvalue weighted by molar-refractivity contribution is -0.529. The van der Waals surface area contributed by atoms with Crippen LogP contribution in [0.2, 0.25) is 0 Å². The van der Waals surface area contributed by atoms with Crippen molar-refractivity contribution in [3.63, 3.8) is 0 Å². The van der Waals surface area contributed by atoms with E-state index >= 15 is 0 Å². The summed E-state index contributed by atoms with van der Waals surface area (Å²) in [5, 5.41) is 0. The van der Waals surface area contributed by atoms with Gasteiger partial charge in [0.25, 0.3) is 0 Å². The topological polar surface area (TPSA) is 6.25 Å². The molecule has 0 aliphatic carbocycles. The van der Waals surface area contributed by atoms with Gasteiger partial charge in [0.15, 0.2) is 0 Å². The van der Waals surface area contributed by atoms with Crippen LogP contribution in [0.15, 0.2) is 0 Å². The predicted octanol–water partition coefficient (Wildman–Crippen LogP) is 9.09. The van der Waals surface area contributed by atoms with Gasteiger partial charge in [-0.05, 0) is 26.2 Å². The van der Waals surface area contributed by atoms with Crippen molar-refractivity contribution < 1.29 is 17.0 Å². The summed E-state index contributed by atoms with van der Waals surface area (Å²) in [4.78, 5) is 2.69. The van der Waals surface area contributed by atoms with Crippen molar-refractivity contribution in [1.82, 2.24) is 4.90 Å². The minimum atomic E-state index is 0. The number of nitrogens with zero attached hydrogens (tertiary/aromatic N) is 2. The third-order valence-corrected chi connectivity index (χ3v) is 9.53. The SMILES string of the molecule is CCCCCCCCCCCCCCCCC1CN(CC)C(CCCCCCCCCCCCCCC)=[N+]1C.[Cl-]. The molecule has 1 unspecified atom stereocenters. The number of amidine groups is 1. The number of rotatable bonds is 30. The Morgan fingerprint density at radius 2 is 0.825 bits per heavy atom. The van der Waals surface area contributed by atoms with E-state index in [9.17, 15) is 0 Å². The van der Waals surface area contributed by atoms with Crippen molar-refractivity contribution in [3.8, 4) is 0 Å². The van der Waals surface area contributed by atoms with Crippen LogP contribution in [0, 0.1) is 0 Å². The first-order valence-corrected chi connectivity index (χ1v) is 18.6. The zero-order valence-electron chi connectivity index (χ0n) is 28.3. The first kappa shape index (κ1) is 39.8. The Labute approximate surface area is 260 Å². The van der Waals surface area contributed by atoms with Gasteiger partial charge in [0.05, 0.1) is 13.6 Å². The number of unbranched alkanes of at least 4 members (excludes halogenated alkanes) is 25. The van der Waals surface area contributed by atoms with Gasteiger partial charge in [-0.15, -0.1) is 0 Å². The van der Waals surface area contributed by atoms with Crippen molar-refractivity contribution in [2.24, 2.45) is 0 Å². The van der Waals surface area contributed by atoms with E-state index in [2.05, 4.69) is 37.3 Å². The highest BCUT2D eigenvalue weighted by Gasteiger charge is 2.34. The molecule has 1 aliphatic rings. The fourth-order valence-corrected chi connectivity index (χ4v) is 6.72. The van der Waals surface area contributed by atoms with E-state index in [-0.39, 0.29) is 12.4 Å². The summed E-state index contributed by atoms with van der Waals surface area (Å²) in [7, 11) is 2.39. The zero-order valence-corrected chi connectivity index (χ0v) is 29.0. The van der Waals surface area contributed by atoms with Crippen LogP contribution in [-0.4, -0.2) is 41.5 Å². The fraction of sp³-hybridized carbons (Fsp3) is 0.973. The van der Waals surface area contributed by atoms with Gasteiger partial charge in [0.1, 0.15) is 12.6 Å². The molecule has 0 N–H and O–H groups in total. The molecule has 0 aromatic heterocycles. The normalized spacial score (nSPS) is 15.3. The molecular formula is C37H75ClN2. The first-order valence-electron chi connectivity index (χ1n) is 18.6. The first-order chi connectivity index (χ1) is 19.2. The van der Waals surface area contributed by atoms with Crippen LogP contribution in [0.1, 0.15) is 207 Å². The summed E-state index contributed by atoms with van der Waals surface area (Å²) in [6.45, 7) is 9.44. The van der Waals surface area contributed by atoms with Gasteiger partial charge < -0.3 is 12.4 Å². The van der Waals surface area contributed by atoms with Crippen LogP contribution in [0.3, 0.4) is 0 Å². The average molecular weight is 583 g/mol. The summed E-state index contributed by atoms with van der Waals surface area (Å²) in [6, 6.07) is 0.763. The Morgan fingerprint density at radius 3 is 1.18 bits per heavy atom. The van der Waals surface area contributed by atoms with Crippen molar-refractivity contribution >= 4 is 5.84 Å². The molecule has 0 radical (unpaired) electrons.